The molecule has 122 valence electrons. The van der Waals surface area contributed by atoms with Gasteiger partial charge in [-0.1, -0.05) is 13.8 Å². The summed E-state index contributed by atoms with van der Waals surface area (Å²) in [5.41, 5.74) is 5.03. The molecule has 1 aromatic heterocycles. The van der Waals surface area contributed by atoms with Gasteiger partial charge in [-0.25, -0.2) is 4.98 Å². The molecule has 1 heterocycles. The summed E-state index contributed by atoms with van der Waals surface area (Å²) in [6.07, 6.45) is 7.34. The number of nitrogens with two attached hydrogens (primary N) is 1. The summed E-state index contributed by atoms with van der Waals surface area (Å²) in [6, 6.07) is 0. The third-order valence-electron chi connectivity index (χ3n) is 2.00. The minimum absolute atomic E-state index is 0.660. The van der Waals surface area contributed by atoms with Crippen LogP contribution < -0.4 is 21.7 Å². The predicted octanol–water partition coefficient (Wildman–Crippen LogP) is 1.08. The van der Waals surface area contributed by atoms with Crippen LogP contribution in [0.2, 0.25) is 0 Å². The molecule has 0 aliphatic rings. The molecule has 0 aliphatic carbocycles. The average Bonchev–Trinajstić information content (AvgIpc) is 3.07. The van der Waals surface area contributed by atoms with Gasteiger partial charge in [0.05, 0.1) is 0 Å². The van der Waals surface area contributed by atoms with E-state index in [1.165, 1.54) is 0 Å². The molecular formula is C13H28N6S2. The van der Waals surface area contributed by atoms with Crippen LogP contribution in [-0.2, 0) is 0 Å². The standard InChI is InChI=1S/C5H7N3S.C5H12N2S.C3H9N/c1-6-5(9)8-3-2-7-4-8;1-3-4-7-5(8)6-2;1-2-3-4/h2-4H,1H3,(H,6,9);3-4H2,1-2H3,(H2,6,7,8);2-4H2,1H3. The van der Waals surface area contributed by atoms with Gasteiger partial charge in [0.1, 0.15) is 6.33 Å². The van der Waals surface area contributed by atoms with E-state index in [-0.39, 0.29) is 0 Å². The first-order valence-corrected chi connectivity index (χ1v) is 7.74. The fraction of sp³-hybridized carbons (Fsp3) is 0.615. The van der Waals surface area contributed by atoms with Crippen LogP contribution in [-0.4, -0.2) is 47.0 Å². The maximum Gasteiger partial charge on any atom is 0.178 e. The fourth-order valence-corrected chi connectivity index (χ4v) is 1.05. The summed E-state index contributed by atoms with van der Waals surface area (Å²) in [5, 5.41) is 10.0. The summed E-state index contributed by atoms with van der Waals surface area (Å²) >= 11 is 9.69. The van der Waals surface area contributed by atoms with E-state index in [2.05, 4.69) is 34.8 Å². The molecular weight excluding hydrogens is 304 g/mol. The average molecular weight is 333 g/mol. The topological polar surface area (TPSA) is 79.9 Å². The van der Waals surface area contributed by atoms with Gasteiger partial charge in [0.15, 0.2) is 10.2 Å². The van der Waals surface area contributed by atoms with Gasteiger partial charge in [0.2, 0.25) is 0 Å². The predicted molar refractivity (Wildman–Crippen MR) is 98.6 cm³/mol. The van der Waals surface area contributed by atoms with E-state index in [0.717, 1.165) is 31.0 Å². The van der Waals surface area contributed by atoms with Crippen molar-refractivity contribution in [3.05, 3.63) is 18.7 Å². The van der Waals surface area contributed by atoms with Crippen molar-refractivity contribution >= 4 is 34.7 Å². The smallest absolute Gasteiger partial charge is 0.178 e. The van der Waals surface area contributed by atoms with Gasteiger partial charge in [-0.05, 0) is 43.8 Å². The molecule has 6 nitrogen and oxygen atoms in total. The number of thiocarbonyl (C=S) groups is 2. The highest BCUT2D eigenvalue weighted by Crippen LogP contribution is 1.82. The minimum Gasteiger partial charge on any atom is -0.366 e. The number of nitrogens with zero attached hydrogens (tertiary/aromatic N) is 2. The van der Waals surface area contributed by atoms with Gasteiger partial charge >= 0.3 is 0 Å². The van der Waals surface area contributed by atoms with Gasteiger partial charge in [0.25, 0.3) is 0 Å². The normalized spacial score (nSPS) is 8.43. The lowest BCUT2D eigenvalue weighted by Gasteiger charge is -2.02. The van der Waals surface area contributed by atoms with Crippen molar-refractivity contribution < 1.29 is 0 Å². The van der Waals surface area contributed by atoms with Crippen LogP contribution in [0.3, 0.4) is 0 Å². The number of aromatic nitrogens is 2. The fourth-order valence-electron chi connectivity index (χ4n) is 0.835. The Labute approximate surface area is 138 Å². The molecule has 8 heteroatoms. The van der Waals surface area contributed by atoms with Crippen molar-refractivity contribution in [1.29, 1.82) is 0 Å². The first-order chi connectivity index (χ1) is 10.1. The van der Waals surface area contributed by atoms with E-state index in [1.54, 1.807) is 30.3 Å². The van der Waals surface area contributed by atoms with Gasteiger partial charge in [-0.15, -0.1) is 0 Å². The largest absolute Gasteiger partial charge is 0.366 e. The Balaban J connectivity index is 0. The second kappa shape index (κ2) is 16.8. The lowest BCUT2D eigenvalue weighted by atomic mass is 10.5. The second-order valence-corrected chi connectivity index (χ2v) is 4.61. The van der Waals surface area contributed by atoms with Crippen molar-refractivity contribution in [2.24, 2.45) is 5.73 Å². The monoisotopic (exact) mass is 332 g/mol. The van der Waals surface area contributed by atoms with Crippen LogP contribution >= 0.6 is 24.4 Å². The summed E-state index contributed by atoms with van der Waals surface area (Å²) in [5.74, 6) is 0. The van der Waals surface area contributed by atoms with Crippen LogP contribution in [0.5, 0.6) is 0 Å². The molecule has 0 amide bonds. The van der Waals surface area contributed by atoms with E-state index in [4.69, 9.17) is 30.2 Å². The highest BCUT2D eigenvalue weighted by atomic mass is 32.1. The number of hydrogen-bond donors (Lipinski definition) is 4. The lowest BCUT2D eigenvalue weighted by Crippen LogP contribution is -2.32. The Kier molecular flexibility index (Phi) is 17.6. The van der Waals surface area contributed by atoms with Crippen molar-refractivity contribution in [1.82, 2.24) is 25.5 Å². The molecule has 0 aliphatic heterocycles. The SMILES string of the molecule is CCCN.CCCNC(=S)NC.CNC(=S)n1ccnc1. The van der Waals surface area contributed by atoms with E-state index < -0.39 is 0 Å². The minimum atomic E-state index is 0.660. The van der Waals surface area contributed by atoms with Crippen LogP contribution in [0.25, 0.3) is 0 Å². The molecule has 5 N–H and O–H groups in total. The molecule has 21 heavy (non-hydrogen) atoms. The van der Waals surface area contributed by atoms with Gasteiger partial charge in [-0.3, -0.25) is 4.57 Å². The third-order valence-corrected chi connectivity index (χ3v) is 2.77. The molecule has 1 aromatic rings. The summed E-state index contributed by atoms with van der Waals surface area (Å²) in [7, 11) is 3.59. The second-order valence-electron chi connectivity index (χ2n) is 3.82. The summed E-state index contributed by atoms with van der Waals surface area (Å²) in [4.78, 5) is 3.83. The third kappa shape index (κ3) is 15.0. The highest BCUT2D eigenvalue weighted by molar-refractivity contribution is 7.80. The van der Waals surface area contributed by atoms with E-state index in [9.17, 15) is 0 Å². The van der Waals surface area contributed by atoms with Crippen molar-refractivity contribution in [3.63, 3.8) is 0 Å². The molecule has 0 bridgehead atoms. The molecule has 0 fully saturated rings. The molecule has 0 radical (unpaired) electrons. The highest BCUT2D eigenvalue weighted by Gasteiger charge is 1.90. The maximum atomic E-state index is 5.03. The van der Waals surface area contributed by atoms with Gasteiger partial charge in [-0.2, -0.15) is 0 Å². The Morgan fingerprint density at radius 2 is 1.81 bits per heavy atom. The van der Waals surface area contributed by atoms with Gasteiger partial charge in [0, 0.05) is 33.0 Å². The molecule has 1 rings (SSSR count). The number of nitrogens with one attached hydrogen (secondary N) is 3. The van der Waals surface area contributed by atoms with E-state index in [0.29, 0.717) is 5.11 Å². The quantitative estimate of drug-likeness (QED) is 0.617. The Bertz CT molecular complexity index is 352. The maximum absolute atomic E-state index is 5.03. The number of rotatable bonds is 3. The zero-order chi connectivity index (χ0) is 16.5. The zero-order valence-electron chi connectivity index (χ0n) is 13.3. The van der Waals surface area contributed by atoms with E-state index >= 15 is 0 Å². The Morgan fingerprint density at radius 1 is 1.19 bits per heavy atom. The number of imidazole rings is 1. The van der Waals surface area contributed by atoms with Gasteiger partial charge < -0.3 is 21.7 Å². The molecule has 0 saturated carbocycles. The van der Waals surface area contributed by atoms with Crippen LogP contribution in [0.4, 0.5) is 0 Å². The Hall–Kier alpha value is -1.25. The molecule has 0 aromatic carbocycles. The van der Waals surface area contributed by atoms with Crippen molar-refractivity contribution in [3.8, 4) is 0 Å². The van der Waals surface area contributed by atoms with Crippen molar-refractivity contribution in [2.45, 2.75) is 26.7 Å². The van der Waals surface area contributed by atoms with Crippen LogP contribution in [0.1, 0.15) is 26.7 Å². The van der Waals surface area contributed by atoms with Crippen LogP contribution in [0, 0.1) is 0 Å². The van der Waals surface area contributed by atoms with Crippen LogP contribution in [0.15, 0.2) is 18.7 Å². The van der Waals surface area contributed by atoms with Crippen molar-refractivity contribution in [2.75, 3.05) is 27.2 Å². The summed E-state index contributed by atoms with van der Waals surface area (Å²) in [6.45, 7) is 5.94. The molecule has 0 spiro atoms. The Morgan fingerprint density at radius 3 is 2.14 bits per heavy atom. The summed E-state index contributed by atoms with van der Waals surface area (Å²) < 4.78 is 1.73. The zero-order valence-corrected chi connectivity index (χ0v) is 15.0. The molecule has 0 saturated heterocycles. The first-order valence-electron chi connectivity index (χ1n) is 6.92. The molecule has 0 unspecified atom stereocenters. The number of hydrogen-bond acceptors (Lipinski definition) is 4. The lowest BCUT2D eigenvalue weighted by molar-refractivity contribution is 0.828. The molecule has 0 atom stereocenters. The van der Waals surface area contributed by atoms with E-state index in [1.807, 2.05) is 7.05 Å². The first kappa shape index (κ1) is 22.0.